The summed E-state index contributed by atoms with van der Waals surface area (Å²) in [5, 5.41) is 3.12. The lowest BCUT2D eigenvalue weighted by atomic mass is 10.3. The molecular formula is C24H19N2OP. The average molecular weight is 382 g/mol. The zero-order valence-corrected chi connectivity index (χ0v) is 16.1. The Kier molecular flexibility index (Phi) is 5.27. The Balaban J connectivity index is 2.07. The van der Waals surface area contributed by atoms with Crippen LogP contribution in [-0.2, 0) is 0 Å². The average Bonchev–Trinajstić information content (AvgIpc) is 2.80. The molecule has 1 heterocycles. The van der Waals surface area contributed by atoms with Gasteiger partial charge in [0.25, 0.3) is 5.91 Å². The van der Waals surface area contributed by atoms with Crippen LogP contribution in [0.15, 0.2) is 120 Å². The first-order valence-corrected chi connectivity index (χ1v) is 10.8. The number of benzene rings is 3. The minimum absolute atomic E-state index is 0.300. The van der Waals surface area contributed by atoms with Gasteiger partial charge in [-0.2, -0.15) is 0 Å². The van der Waals surface area contributed by atoms with Crippen molar-refractivity contribution in [3.63, 3.8) is 0 Å². The zero-order valence-electron chi connectivity index (χ0n) is 15.2. The Labute approximate surface area is 164 Å². The molecule has 1 aromatic heterocycles. The van der Waals surface area contributed by atoms with Crippen LogP contribution in [0.2, 0.25) is 0 Å². The van der Waals surface area contributed by atoms with Gasteiger partial charge in [0.15, 0.2) is 0 Å². The molecule has 0 spiro atoms. The van der Waals surface area contributed by atoms with Crippen LogP contribution in [0.3, 0.4) is 0 Å². The normalized spacial score (nSPS) is 11.0. The molecule has 0 aliphatic heterocycles. The molecule has 0 saturated heterocycles. The first-order chi connectivity index (χ1) is 13.8. The Bertz CT molecular complexity index is 1010. The lowest BCUT2D eigenvalue weighted by Crippen LogP contribution is -2.26. The van der Waals surface area contributed by atoms with Crippen molar-refractivity contribution in [2.45, 2.75) is 0 Å². The first kappa shape index (κ1) is 18.1. The van der Waals surface area contributed by atoms with Crippen molar-refractivity contribution in [3.05, 3.63) is 121 Å². The van der Waals surface area contributed by atoms with E-state index in [1.165, 1.54) is 0 Å². The van der Waals surface area contributed by atoms with E-state index in [2.05, 4.69) is 41.4 Å². The number of hydrogen-bond acceptors (Lipinski definition) is 2. The molecule has 0 unspecified atom stereocenters. The summed E-state index contributed by atoms with van der Waals surface area (Å²) in [5.74, 6) is -0.300. The van der Waals surface area contributed by atoms with Crippen molar-refractivity contribution < 1.29 is 4.79 Å². The SMILES string of the molecule is O=C(N=P(c1ccccc1)(c1ccccc1)c1ccccc1)c1ccccn1. The van der Waals surface area contributed by atoms with E-state index in [0.717, 1.165) is 15.9 Å². The third-order valence-electron chi connectivity index (χ3n) is 4.51. The number of aromatic nitrogens is 1. The molecule has 0 atom stereocenters. The molecule has 0 aliphatic carbocycles. The molecular weight excluding hydrogens is 363 g/mol. The quantitative estimate of drug-likeness (QED) is 0.491. The van der Waals surface area contributed by atoms with Gasteiger partial charge in [-0.15, -0.1) is 0 Å². The molecule has 0 N–H and O–H groups in total. The second-order valence-corrected chi connectivity index (χ2v) is 9.28. The summed E-state index contributed by atoms with van der Waals surface area (Å²) in [6, 6.07) is 35.6. The Hall–Kier alpha value is -3.29. The lowest BCUT2D eigenvalue weighted by Gasteiger charge is -2.26. The van der Waals surface area contributed by atoms with Crippen LogP contribution in [-0.4, -0.2) is 10.9 Å². The molecule has 4 heteroatoms. The van der Waals surface area contributed by atoms with Crippen LogP contribution in [0, 0.1) is 0 Å². The fraction of sp³-hybridized carbons (Fsp3) is 0. The molecule has 28 heavy (non-hydrogen) atoms. The standard InChI is InChI=1S/C24H19N2OP/c27-24(23-18-10-11-19-25-23)26-28(20-12-4-1-5-13-20,21-14-6-2-7-15-21)22-16-8-3-9-17-22/h1-19H. The van der Waals surface area contributed by atoms with Crippen LogP contribution >= 0.6 is 7.05 Å². The topological polar surface area (TPSA) is 42.3 Å². The van der Waals surface area contributed by atoms with E-state index in [4.69, 9.17) is 4.74 Å². The molecule has 1 amide bonds. The molecule has 0 aliphatic rings. The minimum Gasteiger partial charge on any atom is -0.265 e. The predicted octanol–water partition coefficient (Wildman–Crippen LogP) is 4.40. The minimum atomic E-state index is -2.54. The van der Waals surface area contributed by atoms with Crippen LogP contribution in [0.1, 0.15) is 10.5 Å². The molecule has 0 fully saturated rings. The van der Waals surface area contributed by atoms with E-state index in [-0.39, 0.29) is 5.91 Å². The van der Waals surface area contributed by atoms with Crippen molar-refractivity contribution in [3.8, 4) is 0 Å². The van der Waals surface area contributed by atoms with Crippen molar-refractivity contribution in [1.29, 1.82) is 0 Å². The van der Waals surface area contributed by atoms with E-state index in [9.17, 15) is 4.79 Å². The van der Waals surface area contributed by atoms with Crippen LogP contribution < -0.4 is 15.9 Å². The summed E-state index contributed by atoms with van der Waals surface area (Å²) < 4.78 is 4.90. The third kappa shape index (κ3) is 3.45. The Morgan fingerprint density at radius 3 is 1.43 bits per heavy atom. The van der Waals surface area contributed by atoms with Crippen LogP contribution in [0.25, 0.3) is 0 Å². The van der Waals surface area contributed by atoms with Gasteiger partial charge >= 0.3 is 0 Å². The van der Waals surface area contributed by atoms with Gasteiger partial charge in [0, 0.05) is 22.1 Å². The molecule has 0 bridgehead atoms. The Morgan fingerprint density at radius 2 is 1.04 bits per heavy atom. The van der Waals surface area contributed by atoms with Crippen molar-refractivity contribution in [1.82, 2.24) is 4.98 Å². The van der Waals surface area contributed by atoms with Gasteiger partial charge in [-0.3, -0.25) is 9.78 Å². The first-order valence-electron chi connectivity index (χ1n) is 9.05. The van der Waals surface area contributed by atoms with Crippen LogP contribution in [0.4, 0.5) is 0 Å². The van der Waals surface area contributed by atoms with E-state index in [1.54, 1.807) is 18.3 Å². The highest BCUT2D eigenvalue weighted by atomic mass is 31.2. The van der Waals surface area contributed by atoms with Gasteiger partial charge in [0.1, 0.15) is 5.69 Å². The maximum absolute atomic E-state index is 13.2. The number of rotatable bonds is 4. The smallest absolute Gasteiger partial charge is 0.265 e. The fourth-order valence-electron chi connectivity index (χ4n) is 3.23. The largest absolute Gasteiger partial charge is 0.295 e. The third-order valence-corrected chi connectivity index (χ3v) is 8.13. The molecule has 3 nitrogen and oxygen atoms in total. The van der Waals surface area contributed by atoms with Gasteiger partial charge in [-0.25, -0.2) is 4.74 Å². The highest BCUT2D eigenvalue weighted by Crippen LogP contribution is 2.46. The summed E-state index contributed by atoms with van der Waals surface area (Å²) in [4.78, 5) is 17.4. The van der Waals surface area contributed by atoms with E-state index < -0.39 is 7.05 Å². The van der Waals surface area contributed by atoms with Crippen molar-refractivity contribution >= 4 is 28.9 Å². The fourth-order valence-corrected chi connectivity index (χ4v) is 6.65. The molecule has 4 aromatic rings. The van der Waals surface area contributed by atoms with E-state index >= 15 is 0 Å². The van der Waals surface area contributed by atoms with Gasteiger partial charge in [0.2, 0.25) is 0 Å². The van der Waals surface area contributed by atoms with Crippen LogP contribution in [0.5, 0.6) is 0 Å². The maximum atomic E-state index is 13.2. The van der Waals surface area contributed by atoms with E-state index in [1.807, 2.05) is 60.7 Å². The Morgan fingerprint density at radius 1 is 0.607 bits per heavy atom. The van der Waals surface area contributed by atoms with Crippen molar-refractivity contribution in [2.24, 2.45) is 4.74 Å². The zero-order chi connectivity index (χ0) is 19.2. The second kappa shape index (κ2) is 8.16. The summed E-state index contributed by atoms with van der Waals surface area (Å²) >= 11 is 0. The summed E-state index contributed by atoms with van der Waals surface area (Å²) in [5.41, 5.74) is 0.356. The molecule has 0 radical (unpaired) electrons. The van der Waals surface area contributed by atoms with Gasteiger partial charge in [-0.1, -0.05) is 97.1 Å². The molecule has 4 rings (SSSR count). The van der Waals surface area contributed by atoms with Gasteiger partial charge in [0.05, 0.1) is 7.05 Å². The highest BCUT2D eigenvalue weighted by Gasteiger charge is 2.28. The number of carbonyl (C=O) groups excluding carboxylic acids is 1. The lowest BCUT2D eigenvalue weighted by molar-refractivity contribution is 0.100. The summed E-state index contributed by atoms with van der Waals surface area (Å²) in [7, 11) is -2.54. The van der Waals surface area contributed by atoms with Gasteiger partial charge in [-0.05, 0) is 12.1 Å². The number of nitrogens with zero attached hydrogens (tertiary/aromatic N) is 2. The molecule has 136 valence electrons. The highest BCUT2D eigenvalue weighted by molar-refractivity contribution is 7.87. The summed E-state index contributed by atoms with van der Waals surface area (Å²) in [6.07, 6.45) is 1.62. The number of pyridine rings is 1. The second-order valence-electron chi connectivity index (χ2n) is 6.26. The number of carbonyl (C=O) groups is 1. The number of hydrogen-bond donors (Lipinski definition) is 0. The monoisotopic (exact) mass is 382 g/mol. The predicted molar refractivity (Wildman–Crippen MR) is 116 cm³/mol. The van der Waals surface area contributed by atoms with Crippen molar-refractivity contribution in [2.75, 3.05) is 0 Å². The summed E-state index contributed by atoms with van der Waals surface area (Å²) in [6.45, 7) is 0. The number of amides is 1. The molecule has 0 saturated carbocycles. The maximum Gasteiger partial charge on any atom is 0.295 e. The van der Waals surface area contributed by atoms with E-state index in [0.29, 0.717) is 5.69 Å². The molecule has 3 aromatic carbocycles. The van der Waals surface area contributed by atoms with Gasteiger partial charge < -0.3 is 0 Å².